The molecule has 162 valence electrons. The molecule has 0 aliphatic rings. The van der Waals surface area contributed by atoms with Gasteiger partial charge in [0.25, 0.3) is 5.91 Å². The van der Waals surface area contributed by atoms with Crippen molar-refractivity contribution in [2.75, 3.05) is 13.2 Å². The second-order valence-corrected chi connectivity index (χ2v) is 7.35. The Bertz CT molecular complexity index is 1110. The highest BCUT2D eigenvalue weighted by molar-refractivity contribution is 6.01. The van der Waals surface area contributed by atoms with Crippen molar-refractivity contribution in [2.45, 2.75) is 20.4 Å². The monoisotopic (exact) mass is 426 g/mol. The lowest BCUT2D eigenvalue weighted by Crippen LogP contribution is -2.23. The molecule has 0 aromatic heterocycles. The fraction of sp³-hybridized carbons (Fsp3) is 0.185. The zero-order chi connectivity index (χ0) is 22.8. The van der Waals surface area contributed by atoms with Crippen LogP contribution in [-0.4, -0.2) is 19.1 Å². The van der Waals surface area contributed by atoms with Crippen LogP contribution >= 0.6 is 0 Å². The summed E-state index contributed by atoms with van der Waals surface area (Å²) in [5.74, 6) is 1.12. The minimum atomic E-state index is -0.403. The highest BCUT2D eigenvalue weighted by atomic mass is 16.5. The summed E-state index contributed by atoms with van der Waals surface area (Å²) in [7, 11) is 0. The number of carbonyl (C=O) groups is 1. The number of aryl methyl sites for hydroxylation is 2. The number of nitrogens with one attached hydrogen (secondary N) is 1. The molecular formula is C27H26N2O3. The van der Waals surface area contributed by atoms with Crippen LogP contribution in [0.3, 0.4) is 0 Å². The fourth-order valence-corrected chi connectivity index (χ4v) is 2.97. The highest BCUT2D eigenvalue weighted by Gasteiger charge is 2.09. The van der Waals surface area contributed by atoms with Crippen molar-refractivity contribution in [2.24, 2.45) is 0 Å². The van der Waals surface area contributed by atoms with Gasteiger partial charge in [0, 0.05) is 6.54 Å². The Kier molecular flexibility index (Phi) is 8.05. The zero-order valence-corrected chi connectivity index (χ0v) is 18.3. The van der Waals surface area contributed by atoms with E-state index in [4.69, 9.17) is 9.47 Å². The molecule has 0 fully saturated rings. The summed E-state index contributed by atoms with van der Waals surface area (Å²) in [5, 5.41) is 12.1. The number of carbonyl (C=O) groups excluding carboxylic acids is 1. The minimum Gasteiger partial charge on any atom is -0.490 e. The molecule has 0 aliphatic carbocycles. The molecule has 3 aromatic rings. The molecule has 0 radical (unpaired) electrons. The van der Waals surface area contributed by atoms with Gasteiger partial charge in [-0.15, -0.1) is 0 Å². The number of nitriles is 1. The average molecular weight is 427 g/mol. The van der Waals surface area contributed by atoms with Crippen molar-refractivity contribution in [1.29, 1.82) is 5.26 Å². The Morgan fingerprint density at radius 1 is 0.906 bits per heavy atom. The Morgan fingerprint density at radius 2 is 1.56 bits per heavy atom. The summed E-state index contributed by atoms with van der Waals surface area (Å²) in [4.78, 5) is 12.3. The van der Waals surface area contributed by atoms with Gasteiger partial charge >= 0.3 is 0 Å². The Morgan fingerprint density at radius 3 is 2.22 bits per heavy atom. The molecule has 5 nitrogen and oxygen atoms in total. The molecule has 0 atom stereocenters. The third-order valence-corrected chi connectivity index (χ3v) is 4.95. The quantitative estimate of drug-likeness (QED) is 0.297. The topological polar surface area (TPSA) is 71.3 Å². The first kappa shape index (κ1) is 22.6. The van der Waals surface area contributed by atoms with E-state index in [0.29, 0.717) is 25.5 Å². The first-order valence-corrected chi connectivity index (χ1v) is 10.4. The minimum absolute atomic E-state index is 0.0522. The van der Waals surface area contributed by atoms with E-state index in [9.17, 15) is 10.1 Å². The molecule has 32 heavy (non-hydrogen) atoms. The van der Waals surface area contributed by atoms with Crippen LogP contribution in [0.1, 0.15) is 22.3 Å². The van der Waals surface area contributed by atoms with Crippen molar-refractivity contribution in [3.63, 3.8) is 0 Å². The number of benzene rings is 3. The van der Waals surface area contributed by atoms with Crippen LogP contribution in [0.2, 0.25) is 0 Å². The first-order valence-electron chi connectivity index (χ1n) is 10.4. The van der Waals surface area contributed by atoms with Gasteiger partial charge in [-0.1, -0.05) is 48.5 Å². The summed E-state index contributed by atoms with van der Waals surface area (Å²) in [6, 6.07) is 24.7. The number of rotatable bonds is 9. The number of hydrogen-bond donors (Lipinski definition) is 1. The number of amides is 1. The van der Waals surface area contributed by atoms with Crippen LogP contribution < -0.4 is 14.8 Å². The van der Waals surface area contributed by atoms with Crippen molar-refractivity contribution in [3.05, 3.63) is 101 Å². The van der Waals surface area contributed by atoms with Gasteiger partial charge in [0.15, 0.2) is 0 Å². The van der Waals surface area contributed by atoms with Gasteiger partial charge in [0.05, 0.1) is 0 Å². The lowest BCUT2D eigenvalue weighted by atomic mass is 10.1. The van der Waals surface area contributed by atoms with E-state index in [1.165, 1.54) is 11.1 Å². The van der Waals surface area contributed by atoms with Crippen molar-refractivity contribution < 1.29 is 14.3 Å². The van der Waals surface area contributed by atoms with E-state index < -0.39 is 5.91 Å². The second kappa shape index (κ2) is 11.4. The van der Waals surface area contributed by atoms with E-state index in [2.05, 4.69) is 19.2 Å². The summed E-state index contributed by atoms with van der Waals surface area (Å²) >= 11 is 0. The molecule has 0 bridgehead atoms. The fourth-order valence-electron chi connectivity index (χ4n) is 2.97. The molecule has 5 heteroatoms. The van der Waals surface area contributed by atoms with Crippen LogP contribution in [0.5, 0.6) is 11.5 Å². The van der Waals surface area contributed by atoms with E-state index >= 15 is 0 Å². The smallest absolute Gasteiger partial charge is 0.262 e. The van der Waals surface area contributed by atoms with E-state index in [0.717, 1.165) is 16.9 Å². The molecule has 0 spiro atoms. The number of hydrogen-bond acceptors (Lipinski definition) is 4. The molecule has 0 aliphatic heterocycles. The van der Waals surface area contributed by atoms with Gasteiger partial charge in [0.2, 0.25) is 0 Å². The molecule has 0 saturated heterocycles. The van der Waals surface area contributed by atoms with E-state index in [1.807, 2.05) is 54.6 Å². The van der Waals surface area contributed by atoms with Gasteiger partial charge in [-0.25, -0.2) is 0 Å². The van der Waals surface area contributed by atoms with Gasteiger partial charge in [-0.2, -0.15) is 5.26 Å². The second-order valence-electron chi connectivity index (χ2n) is 7.35. The molecule has 0 heterocycles. The molecule has 3 rings (SSSR count). The Hall–Kier alpha value is -4.04. The Balaban J connectivity index is 1.48. The molecule has 1 amide bonds. The summed E-state index contributed by atoms with van der Waals surface area (Å²) in [6.45, 7) is 5.34. The maximum Gasteiger partial charge on any atom is 0.262 e. The zero-order valence-electron chi connectivity index (χ0n) is 18.3. The third kappa shape index (κ3) is 6.75. The number of ether oxygens (including phenoxy) is 2. The Labute approximate surface area is 188 Å². The normalized spacial score (nSPS) is 10.8. The first-order chi connectivity index (χ1) is 15.5. The molecule has 0 saturated carbocycles. The molecular weight excluding hydrogens is 400 g/mol. The van der Waals surface area contributed by atoms with Gasteiger partial charge in [0.1, 0.15) is 36.4 Å². The summed E-state index contributed by atoms with van der Waals surface area (Å²) in [5.41, 5.74) is 4.20. The van der Waals surface area contributed by atoms with E-state index in [1.54, 1.807) is 30.3 Å². The van der Waals surface area contributed by atoms with Crippen molar-refractivity contribution >= 4 is 12.0 Å². The van der Waals surface area contributed by atoms with Crippen molar-refractivity contribution in [3.8, 4) is 17.6 Å². The van der Waals surface area contributed by atoms with Gasteiger partial charge in [-0.3, -0.25) is 4.79 Å². The average Bonchev–Trinajstić information content (AvgIpc) is 2.82. The maximum absolute atomic E-state index is 12.3. The van der Waals surface area contributed by atoms with Crippen LogP contribution in [0, 0.1) is 25.2 Å². The largest absolute Gasteiger partial charge is 0.490 e. The van der Waals surface area contributed by atoms with Gasteiger partial charge < -0.3 is 14.8 Å². The standard InChI is InChI=1S/C27H26N2O3/c1-20-8-11-26(16-21(20)2)32-15-14-31-25-12-9-22(10-13-25)17-24(18-28)27(30)29-19-23-6-4-3-5-7-23/h3-13,16-17H,14-15,19H2,1-2H3,(H,29,30)/b24-17+. The van der Waals surface area contributed by atoms with Crippen LogP contribution in [0.4, 0.5) is 0 Å². The van der Waals surface area contributed by atoms with Crippen LogP contribution in [0.15, 0.2) is 78.4 Å². The molecule has 1 N–H and O–H groups in total. The van der Waals surface area contributed by atoms with Gasteiger partial charge in [-0.05, 0) is 66.4 Å². The van der Waals surface area contributed by atoms with Crippen LogP contribution in [0.25, 0.3) is 6.08 Å². The molecule has 3 aromatic carbocycles. The third-order valence-electron chi connectivity index (χ3n) is 4.95. The SMILES string of the molecule is Cc1ccc(OCCOc2ccc(/C=C(\C#N)C(=O)NCc3ccccc3)cc2)cc1C. The molecule has 0 unspecified atom stereocenters. The van der Waals surface area contributed by atoms with Crippen molar-refractivity contribution in [1.82, 2.24) is 5.32 Å². The summed E-state index contributed by atoms with van der Waals surface area (Å²) < 4.78 is 11.4. The summed E-state index contributed by atoms with van der Waals surface area (Å²) in [6.07, 6.45) is 1.56. The maximum atomic E-state index is 12.3. The van der Waals surface area contributed by atoms with E-state index in [-0.39, 0.29) is 5.57 Å². The lowest BCUT2D eigenvalue weighted by Gasteiger charge is -2.10. The van der Waals surface area contributed by atoms with Crippen LogP contribution in [-0.2, 0) is 11.3 Å². The predicted octanol–water partition coefficient (Wildman–Crippen LogP) is 4.98. The lowest BCUT2D eigenvalue weighted by molar-refractivity contribution is -0.117. The highest BCUT2D eigenvalue weighted by Crippen LogP contribution is 2.17. The number of nitrogens with zero attached hydrogens (tertiary/aromatic N) is 1. The predicted molar refractivity (Wildman–Crippen MR) is 125 cm³/mol.